The van der Waals surface area contributed by atoms with E-state index in [0.29, 0.717) is 0 Å². The molecule has 0 fully saturated rings. The van der Waals surface area contributed by atoms with Gasteiger partial charge in [0.25, 0.3) is 0 Å². The molecule has 0 saturated heterocycles. The smallest absolute Gasteiger partial charge is 0.0622 e. The molecule has 0 heterocycles. The first-order chi connectivity index (χ1) is 3.77. The zero-order chi connectivity index (χ0) is 6.41. The second-order valence-corrected chi connectivity index (χ2v) is 4.15. The summed E-state index contributed by atoms with van der Waals surface area (Å²) in [5.41, 5.74) is 10.6. The van der Waals surface area contributed by atoms with Crippen molar-refractivity contribution in [2.24, 2.45) is 11.5 Å². The Bertz CT molecular complexity index is 49.3. The fourth-order valence-electron chi connectivity index (χ4n) is 0.210. The number of nitrogens with two attached hydrogens (primary N) is 2. The van der Waals surface area contributed by atoms with Crippen LogP contribution in [-0.2, 0) is 0 Å². The Morgan fingerprint density at radius 2 is 2.00 bits per heavy atom. The number of hydrogen-bond donors (Lipinski definition) is 2. The van der Waals surface area contributed by atoms with Crippen molar-refractivity contribution in [2.75, 3.05) is 11.5 Å². The van der Waals surface area contributed by atoms with Crippen molar-refractivity contribution < 1.29 is 0 Å². The van der Waals surface area contributed by atoms with Gasteiger partial charge in [-0.2, -0.15) is 0 Å². The maximum atomic E-state index is 5.28. The Morgan fingerprint density at radius 1 is 1.38 bits per heavy atom. The monoisotopic (exact) mass is 152 g/mol. The molecule has 0 aromatic heterocycles. The average Bonchev–Trinajstić information content (AvgIpc) is 1.66. The highest BCUT2D eigenvalue weighted by Gasteiger charge is 1.91. The molecule has 0 aliphatic rings. The summed E-state index contributed by atoms with van der Waals surface area (Å²) in [6.07, 6.45) is -0.154. The molecule has 0 rings (SSSR count). The van der Waals surface area contributed by atoms with E-state index in [9.17, 15) is 0 Å². The van der Waals surface area contributed by atoms with Crippen LogP contribution in [0.25, 0.3) is 0 Å². The van der Waals surface area contributed by atoms with Gasteiger partial charge in [-0.15, -0.1) is 0 Å². The van der Waals surface area contributed by atoms with Gasteiger partial charge >= 0.3 is 0 Å². The predicted octanol–water partition coefficient (Wildman–Crippen LogP) is 0.631. The molecule has 4 heteroatoms. The molecule has 8 heavy (non-hydrogen) atoms. The second kappa shape index (κ2) is 5.75. The molecular weight excluding hydrogens is 140 g/mol. The quantitative estimate of drug-likeness (QED) is 0.352. The first kappa shape index (κ1) is 8.62. The summed E-state index contributed by atoms with van der Waals surface area (Å²) in [6.45, 7) is 2.11. The van der Waals surface area contributed by atoms with Crippen LogP contribution in [0.5, 0.6) is 0 Å². The maximum Gasteiger partial charge on any atom is 0.0622 e. The fourth-order valence-corrected chi connectivity index (χ4v) is 1.89. The summed E-state index contributed by atoms with van der Waals surface area (Å²) >= 11 is 0. The van der Waals surface area contributed by atoms with Crippen molar-refractivity contribution in [1.29, 1.82) is 0 Å². The fraction of sp³-hybridized carbons (Fsp3) is 1.00. The van der Waals surface area contributed by atoms with E-state index in [1.165, 1.54) is 0 Å². The first-order valence-corrected chi connectivity index (χ1v) is 5.01. The molecule has 0 aliphatic carbocycles. The largest absolute Gasteiger partial charge is 0.315 e. The minimum Gasteiger partial charge on any atom is -0.315 e. The topological polar surface area (TPSA) is 52.0 Å². The van der Waals surface area contributed by atoms with Crippen LogP contribution < -0.4 is 11.5 Å². The highest BCUT2D eigenvalue weighted by molar-refractivity contribution is 8.76. The van der Waals surface area contributed by atoms with Crippen molar-refractivity contribution in [2.45, 2.75) is 13.1 Å². The van der Waals surface area contributed by atoms with Crippen LogP contribution in [0.4, 0.5) is 0 Å². The van der Waals surface area contributed by atoms with Crippen LogP contribution in [0.1, 0.15) is 6.92 Å². The van der Waals surface area contributed by atoms with Crippen LogP contribution in [-0.4, -0.2) is 17.7 Å². The molecule has 0 saturated carbocycles. The Hall–Kier alpha value is 0.620. The van der Waals surface area contributed by atoms with Crippen molar-refractivity contribution in [3.8, 4) is 0 Å². The van der Waals surface area contributed by atoms with E-state index >= 15 is 0 Å². The molecular formula is C4H12N2S2. The highest BCUT2D eigenvalue weighted by atomic mass is 33.1. The van der Waals surface area contributed by atoms with Gasteiger partial charge in [0.2, 0.25) is 0 Å². The third kappa shape index (κ3) is 6.62. The molecule has 0 aromatic rings. The Kier molecular flexibility index (Phi) is 6.20. The van der Waals surface area contributed by atoms with Crippen molar-refractivity contribution >= 4 is 21.6 Å². The number of hydrogen-bond acceptors (Lipinski definition) is 4. The zero-order valence-electron chi connectivity index (χ0n) is 4.96. The Labute approximate surface area is 58.2 Å². The molecule has 2 nitrogen and oxygen atoms in total. The van der Waals surface area contributed by atoms with Crippen molar-refractivity contribution in [3.05, 3.63) is 0 Å². The average molecular weight is 152 g/mol. The molecule has 0 atom stereocenters. The van der Waals surface area contributed by atoms with Crippen LogP contribution in [0.3, 0.4) is 0 Å². The Balaban J connectivity index is 2.72. The lowest BCUT2D eigenvalue weighted by atomic mass is 10.7. The molecule has 0 aliphatic heterocycles. The van der Waals surface area contributed by atoms with Gasteiger partial charge in [-0.3, -0.25) is 0 Å². The van der Waals surface area contributed by atoms with E-state index in [0.717, 1.165) is 11.5 Å². The summed E-state index contributed by atoms with van der Waals surface area (Å²) in [5.74, 6) is 1.97. The van der Waals surface area contributed by atoms with Crippen LogP contribution >= 0.6 is 21.6 Å². The molecule has 0 amide bonds. The molecule has 0 radical (unpaired) electrons. The normalized spacial score (nSPS) is 10.5. The van der Waals surface area contributed by atoms with E-state index < -0.39 is 0 Å². The second-order valence-electron chi connectivity index (χ2n) is 1.35. The van der Waals surface area contributed by atoms with E-state index in [-0.39, 0.29) is 6.17 Å². The molecule has 0 bridgehead atoms. The van der Waals surface area contributed by atoms with Gasteiger partial charge in [0, 0.05) is 11.5 Å². The van der Waals surface area contributed by atoms with Crippen LogP contribution in [0.2, 0.25) is 0 Å². The third-order valence-corrected chi connectivity index (χ3v) is 3.00. The number of rotatable bonds is 4. The third-order valence-electron chi connectivity index (χ3n) is 0.462. The highest BCUT2D eigenvalue weighted by Crippen LogP contribution is 2.19. The molecule has 0 spiro atoms. The van der Waals surface area contributed by atoms with Crippen molar-refractivity contribution in [3.63, 3.8) is 0 Å². The maximum absolute atomic E-state index is 5.28. The van der Waals surface area contributed by atoms with Gasteiger partial charge in [0.1, 0.15) is 0 Å². The SMILES string of the molecule is CCSSCC(N)N. The van der Waals surface area contributed by atoms with E-state index in [4.69, 9.17) is 11.5 Å². The van der Waals surface area contributed by atoms with Gasteiger partial charge in [-0.25, -0.2) is 0 Å². The minimum absolute atomic E-state index is 0.154. The summed E-state index contributed by atoms with van der Waals surface area (Å²) in [5, 5.41) is 0. The minimum atomic E-state index is -0.154. The summed E-state index contributed by atoms with van der Waals surface area (Å²) < 4.78 is 0. The van der Waals surface area contributed by atoms with E-state index in [2.05, 4.69) is 6.92 Å². The van der Waals surface area contributed by atoms with Gasteiger partial charge < -0.3 is 11.5 Å². The van der Waals surface area contributed by atoms with Crippen LogP contribution in [0, 0.1) is 0 Å². The van der Waals surface area contributed by atoms with Gasteiger partial charge in [-0.1, -0.05) is 28.5 Å². The Morgan fingerprint density at radius 3 is 2.38 bits per heavy atom. The predicted molar refractivity (Wildman–Crippen MR) is 42.8 cm³/mol. The molecule has 4 N–H and O–H groups in total. The molecule has 0 unspecified atom stereocenters. The van der Waals surface area contributed by atoms with Crippen LogP contribution in [0.15, 0.2) is 0 Å². The lowest BCUT2D eigenvalue weighted by Crippen LogP contribution is -2.32. The first-order valence-electron chi connectivity index (χ1n) is 2.53. The summed E-state index contributed by atoms with van der Waals surface area (Å²) in [4.78, 5) is 0. The van der Waals surface area contributed by atoms with Crippen molar-refractivity contribution in [1.82, 2.24) is 0 Å². The molecule has 0 aromatic carbocycles. The van der Waals surface area contributed by atoms with Gasteiger partial charge in [0.05, 0.1) is 6.17 Å². The standard InChI is InChI=1S/C4H12N2S2/c1-2-7-8-3-4(5)6/h4H,2-3,5-6H2,1H3. The molecule has 50 valence electrons. The van der Waals surface area contributed by atoms with E-state index in [1.807, 2.05) is 0 Å². The zero-order valence-corrected chi connectivity index (χ0v) is 6.60. The summed E-state index contributed by atoms with van der Waals surface area (Å²) in [7, 11) is 3.52. The van der Waals surface area contributed by atoms with Gasteiger partial charge in [-0.05, 0) is 0 Å². The lowest BCUT2D eigenvalue weighted by molar-refractivity contribution is 0.805. The summed E-state index contributed by atoms with van der Waals surface area (Å²) in [6, 6.07) is 0. The van der Waals surface area contributed by atoms with E-state index in [1.54, 1.807) is 21.6 Å². The van der Waals surface area contributed by atoms with Gasteiger partial charge in [0.15, 0.2) is 0 Å². The lowest BCUT2D eigenvalue weighted by Gasteiger charge is -2.00.